The van der Waals surface area contributed by atoms with Gasteiger partial charge in [-0.25, -0.2) is 0 Å². The number of pyridine rings is 1. The van der Waals surface area contributed by atoms with Crippen molar-refractivity contribution in [2.45, 2.75) is 19.1 Å². The van der Waals surface area contributed by atoms with E-state index in [1.165, 1.54) is 4.88 Å². The Bertz CT molecular complexity index is 1060. The molecule has 4 rings (SSSR count). The molecule has 0 fully saturated rings. The molecular formula is C24H27ClN4O2S. The summed E-state index contributed by atoms with van der Waals surface area (Å²) < 4.78 is 6.28. The first kappa shape index (κ1) is 22.6. The number of ether oxygens (including phenoxy) is 1. The van der Waals surface area contributed by atoms with Crippen molar-refractivity contribution in [3.05, 3.63) is 75.2 Å². The van der Waals surface area contributed by atoms with Crippen molar-refractivity contribution in [2.75, 3.05) is 38.6 Å². The number of nitrogens with one attached hydrogen (secondary N) is 1. The Kier molecular flexibility index (Phi) is 7.29. The molecule has 0 bridgehead atoms. The number of thiophene rings is 1. The molecule has 3 heterocycles. The molecule has 1 unspecified atom stereocenters. The summed E-state index contributed by atoms with van der Waals surface area (Å²) >= 11 is 8.28. The van der Waals surface area contributed by atoms with Gasteiger partial charge in [-0.1, -0.05) is 23.7 Å². The number of likely N-dealkylation sites (N-methyl/N-ethyl adjacent to an activating group) is 1. The minimum Gasteiger partial charge on any atom is -0.483 e. The van der Waals surface area contributed by atoms with E-state index in [4.69, 9.17) is 16.3 Å². The summed E-state index contributed by atoms with van der Waals surface area (Å²) in [7, 11) is 3.93. The van der Waals surface area contributed by atoms with Crippen LogP contribution in [0.2, 0.25) is 5.02 Å². The van der Waals surface area contributed by atoms with Gasteiger partial charge in [-0.3, -0.25) is 9.78 Å². The van der Waals surface area contributed by atoms with Gasteiger partial charge in [-0.2, -0.15) is 0 Å². The van der Waals surface area contributed by atoms with Crippen LogP contribution in [-0.2, 0) is 6.54 Å². The summed E-state index contributed by atoms with van der Waals surface area (Å²) in [5.74, 6) is 0.639. The van der Waals surface area contributed by atoms with Crippen molar-refractivity contribution < 1.29 is 9.53 Å². The van der Waals surface area contributed by atoms with Crippen LogP contribution in [0, 0.1) is 0 Å². The zero-order chi connectivity index (χ0) is 22.5. The fraction of sp³-hybridized carbons (Fsp3) is 0.333. The number of amides is 1. The van der Waals surface area contributed by atoms with E-state index >= 15 is 0 Å². The number of aromatic nitrogens is 1. The summed E-state index contributed by atoms with van der Waals surface area (Å²) in [5.41, 5.74) is 2.51. The number of anilines is 1. The van der Waals surface area contributed by atoms with Crippen molar-refractivity contribution >= 4 is 34.5 Å². The van der Waals surface area contributed by atoms with Crippen LogP contribution in [0.1, 0.15) is 33.3 Å². The van der Waals surface area contributed by atoms with Crippen molar-refractivity contribution in [1.29, 1.82) is 0 Å². The molecule has 0 spiro atoms. The molecule has 1 aliphatic heterocycles. The van der Waals surface area contributed by atoms with E-state index in [9.17, 15) is 4.79 Å². The van der Waals surface area contributed by atoms with E-state index in [0.29, 0.717) is 29.4 Å². The van der Waals surface area contributed by atoms with Gasteiger partial charge in [0.2, 0.25) is 0 Å². The van der Waals surface area contributed by atoms with Gasteiger partial charge < -0.3 is 19.9 Å². The number of hydrogen-bond acceptors (Lipinski definition) is 6. The van der Waals surface area contributed by atoms with Gasteiger partial charge in [0.1, 0.15) is 11.9 Å². The lowest BCUT2D eigenvalue weighted by Gasteiger charge is -2.22. The average molecular weight is 471 g/mol. The number of rotatable bonds is 8. The Balaban J connectivity index is 1.49. The van der Waals surface area contributed by atoms with E-state index in [2.05, 4.69) is 26.6 Å². The molecule has 1 aromatic carbocycles. The van der Waals surface area contributed by atoms with Crippen LogP contribution in [0.5, 0.6) is 5.75 Å². The van der Waals surface area contributed by atoms with Crippen molar-refractivity contribution in [2.24, 2.45) is 0 Å². The van der Waals surface area contributed by atoms with E-state index in [1.807, 2.05) is 49.3 Å². The first-order valence-corrected chi connectivity index (χ1v) is 11.9. The van der Waals surface area contributed by atoms with Crippen molar-refractivity contribution in [1.82, 2.24) is 15.2 Å². The highest BCUT2D eigenvalue weighted by atomic mass is 35.5. The fourth-order valence-electron chi connectivity index (χ4n) is 3.82. The number of nitrogens with zero attached hydrogens (tertiary/aromatic N) is 3. The summed E-state index contributed by atoms with van der Waals surface area (Å²) in [6.07, 6.45) is 4.15. The second-order valence-corrected chi connectivity index (χ2v) is 9.21. The smallest absolute Gasteiger partial charge is 0.257 e. The van der Waals surface area contributed by atoms with Gasteiger partial charge in [0.25, 0.3) is 5.91 Å². The highest BCUT2D eigenvalue weighted by molar-refractivity contribution is 7.10. The van der Waals surface area contributed by atoms with Gasteiger partial charge in [0.15, 0.2) is 0 Å². The third kappa shape index (κ3) is 5.06. The lowest BCUT2D eigenvalue weighted by molar-refractivity contribution is 0.0754. The van der Waals surface area contributed by atoms with Gasteiger partial charge in [0, 0.05) is 50.4 Å². The number of hydrogen-bond donors (Lipinski definition) is 1. The van der Waals surface area contributed by atoms with Crippen LogP contribution in [0.4, 0.5) is 5.69 Å². The molecule has 6 nitrogen and oxygen atoms in total. The molecule has 0 saturated heterocycles. The van der Waals surface area contributed by atoms with E-state index in [1.54, 1.807) is 23.7 Å². The maximum absolute atomic E-state index is 13.1. The predicted molar refractivity (Wildman–Crippen MR) is 130 cm³/mol. The Morgan fingerprint density at radius 2 is 2.16 bits per heavy atom. The first-order valence-electron chi connectivity index (χ1n) is 10.6. The summed E-state index contributed by atoms with van der Waals surface area (Å²) in [6, 6.07) is 11.8. The average Bonchev–Trinajstić information content (AvgIpc) is 3.31. The predicted octanol–water partition coefficient (Wildman–Crippen LogP) is 4.62. The van der Waals surface area contributed by atoms with E-state index < -0.39 is 0 Å². The molecule has 1 N–H and O–H groups in total. The maximum Gasteiger partial charge on any atom is 0.257 e. The molecule has 1 atom stereocenters. The number of fused-ring (bicyclic) bond motifs is 1. The van der Waals surface area contributed by atoms with E-state index in [0.717, 1.165) is 30.8 Å². The standard InChI is InChI=1S/C24H27ClN4O2S/c1-26-9-8-22(23-4-3-13-32-23)31-21-6-5-17(14-19(21)25)16-29-12-11-28(2)20-7-10-27-15-18(20)24(29)30/h3-7,10,13-15,22,26H,8-9,11-12,16H2,1-2H3. The SMILES string of the molecule is CNCCC(Oc1ccc(CN2CCN(C)c3ccncc3C2=O)cc1Cl)c1cccs1. The minimum absolute atomic E-state index is 0.0151. The van der Waals surface area contributed by atoms with Crippen molar-refractivity contribution in [3.8, 4) is 5.75 Å². The molecule has 3 aromatic rings. The molecule has 1 amide bonds. The van der Waals surface area contributed by atoms with Gasteiger partial charge in [-0.05, 0) is 48.8 Å². The summed E-state index contributed by atoms with van der Waals surface area (Å²) in [5, 5.41) is 5.79. The van der Waals surface area contributed by atoms with Gasteiger partial charge >= 0.3 is 0 Å². The third-order valence-corrected chi connectivity index (χ3v) is 6.85. The lowest BCUT2D eigenvalue weighted by Crippen LogP contribution is -2.33. The lowest BCUT2D eigenvalue weighted by atomic mass is 10.1. The molecule has 0 aliphatic carbocycles. The maximum atomic E-state index is 13.1. The van der Waals surface area contributed by atoms with Crippen LogP contribution in [0.25, 0.3) is 0 Å². The fourth-order valence-corrected chi connectivity index (χ4v) is 4.86. The second kappa shape index (κ2) is 10.3. The van der Waals surface area contributed by atoms with E-state index in [-0.39, 0.29) is 12.0 Å². The van der Waals surface area contributed by atoms with Crippen LogP contribution in [0.15, 0.2) is 54.2 Å². The highest BCUT2D eigenvalue weighted by Crippen LogP contribution is 2.33. The van der Waals surface area contributed by atoms with Crippen molar-refractivity contribution in [3.63, 3.8) is 0 Å². The highest BCUT2D eigenvalue weighted by Gasteiger charge is 2.25. The van der Waals surface area contributed by atoms with Crippen LogP contribution >= 0.6 is 22.9 Å². The normalized spacial score (nSPS) is 14.8. The molecule has 168 valence electrons. The molecule has 8 heteroatoms. The zero-order valence-corrected chi connectivity index (χ0v) is 19.8. The molecule has 32 heavy (non-hydrogen) atoms. The Morgan fingerprint density at radius 3 is 2.91 bits per heavy atom. The molecule has 0 radical (unpaired) electrons. The molecule has 1 aliphatic rings. The number of halogens is 1. The minimum atomic E-state index is -0.0578. The molecule has 2 aromatic heterocycles. The molecular weight excluding hydrogens is 444 g/mol. The largest absolute Gasteiger partial charge is 0.483 e. The second-order valence-electron chi connectivity index (χ2n) is 7.82. The van der Waals surface area contributed by atoms with Crippen LogP contribution < -0.4 is 15.0 Å². The summed E-state index contributed by atoms with van der Waals surface area (Å²) in [4.78, 5) is 22.4. The van der Waals surface area contributed by atoms with Crippen LogP contribution in [-0.4, -0.2) is 49.5 Å². The quantitative estimate of drug-likeness (QED) is 0.520. The van der Waals surface area contributed by atoms with Crippen LogP contribution in [0.3, 0.4) is 0 Å². The first-order chi connectivity index (χ1) is 15.6. The monoisotopic (exact) mass is 470 g/mol. The third-order valence-electron chi connectivity index (χ3n) is 5.59. The van der Waals surface area contributed by atoms with Gasteiger partial charge in [0.05, 0.1) is 16.3 Å². The number of carbonyl (C=O) groups is 1. The number of carbonyl (C=O) groups excluding carboxylic acids is 1. The Labute approximate surface area is 197 Å². The zero-order valence-electron chi connectivity index (χ0n) is 18.3. The number of benzene rings is 1. The topological polar surface area (TPSA) is 57.7 Å². The molecule has 0 saturated carbocycles. The Hall–Kier alpha value is -2.61. The summed E-state index contributed by atoms with van der Waals surface area (Å²) in [6.45, 7) is 2.71. The van der Waals surface area contributed by atoms with Gasteiger partial charge in [-0.15, -0.1) is 11.3 Å². The Morgan fingerprint density at radius 1 is 1.28 bits per heavy atom.